The van der Waals surface area contributed by atoms with Crippen LogP contribution >= 0.6 is 23.8 Å². The third-order valence-electron chi connectivity index (χ3n) is 5.16. The molecule has 1 fully saturated rings. The number of aromatic nitrogens is 3. The summed E-state index contributed by atoms with van der Waals surface area (Å²) >= 11 is 11.8. The van der Waals surface area contributed by atoms with Crippen LogP contribution in [-0.4, -0.2) is 46.0 Å². The highest BCUT2D eigenvalue weighted by atomic mass is 35.5. The minimum atomic E-state index is -0.368. The Morgan fingerprint density at radius 1 is 1.24 bits per heavy atom. The first-order valence-electron chi connectivity index (χ1n) is 9.48. The lowest BCUT2D eigenvalue weighted by Gasteiger charge is -2.14. The van der Waals surface area contributed by atoms with E-state index in [1.54, 1.807) is 6.07 Å². The maximum absolute atomic E-state index is 13.7. The molecule has 0 spiro atoms. The van der Waals surface area contributed by atoms with E-state index >= 15 is 0 Å². The Bertz CT molecular complexity index is 1080. The smallest absolute Gasteiger partial charge is 0.202 e. The molecule has 1 saturated carbocycles. The predicted octanol–water partition coefficient (Wildman–Crippen LogP) is 4.97. The SMILES string of the molecule is COc1cc(F)ccc1-c1nn(CCN(C)C2CC2)c(=S)n1-c1ccc(Cl)cc1. The van der Waals surface area contributed by atoms with Crippen molar-refractivity contribution in [1.29, 1.82) is 0 Å². The highest BCUT2D eigenvalue weighted by Gasteiger charge is 2.26. The molecule has 1 aliphatic rings. The molecule has 0 radical (unpaired) electrons. The van der Waals surface area contributed by atoms with Gasteiger partial charge in [0.15, 0.2) is 5.82 Å². The molecule has 0 amide bonds. The fourth-order valence-corrected chi connectivity index (χ4v) is 3.80. The van der Waals surface area contributed by atoms with Crippen molar-refractivity contribution in [2.75, 3.05) is 20.7 Å². The Balaban J connectivity index is 1.81. The summed E-state index contributed by atoms with van der Waals surface area (Å²) in [5.74, 6) is 0.637. The van der Waals surface area contributed by atoms with Crippen molar-refractivity contribution < 1.29 is 9.13 Å². The molecule has 1 aromatic heterocycles. The molecule has 0 N–H and O–H groups in total. The molecule has 29 heavy (non-hydrogen) atoms. The number of hydrogen-bond acceptors (Lipinski definition) is 4. The summed E-state index contributed by atoms with van der Waals surface area (Å²) < 4.78 is 23.4. The van der Waals surface area contributed by atoms with E-state index < -0.39 is 0 Å². The molecule has 1 aliphatic carbocycles. The second kappa shape index (κ2) is 8.26. The molecule has 5 nitrogen and oxygen atoms in total. The van der Waals surface area contributed by atoms with Gasteiger partial charge in [-0.2, -0.15) is 5.10 Å². The van der Waals surface area contributed by atoms with Crippen molar-refractivity contribution in [2.24, 2.45) is 0 Å². The van der Waals surface area contributed by atoms with Crippen molar-refractivity contribution >= 4 is 23.8 Å². The number of rotatable bonds is 7. The first-order chi connectivity index (χ1) is 14.0. The maximum Gasteiger partial charge on any atom is 0.202 e. The molecule has 4 rings (SSSR count). The lowest BCUT2D eigenvalue weighted by atomic mass is 10.1. The van der Waals surface area contributed by atoms with Crippen LogP contribution < -0.4 is 4.74 Å². The third-order valence-corrected chi connectivity index (χ3v) is 5.81. The van der Waals surface area contributed by atoms with Crippen LogP contribution in [0.3, 0.4) is 0 Å². The number of likely N-dealkylation sites (N-methyl/N-ethyl adjacent to an activating group) is 1. The van der Waals surface area contributed by atoms with Gasteiger partial charge in [0.25, 0.3) is 0 Å². The zero-order chi connectivity index (χ0) is 20.5. The number of nitrogens with zero attached hydrogens (tertiary/aromatic N) is 4. The Morgan fingerprint density at radius 3 is 2.62 bits per heavy atom. The Hall–Kier alpha value is -2.22. The predicted molar refractivity (Wildman–Crippen MR) is 115 cm³/mol. The van der Waals surface area contributed by atoms with Gasteiger partial charge >= 0.3 is 0 Å². The summed E-state index contributed by atoms with van der Waals surface area (Å²) in [6.07, 6.45) is 2.50. The van der Waals surface area contributed by atoms with Gasteiger partial charge in [-0.25, -0.2) is 9.07 Å². The fraction of sp³-hybridized carbons (Fsp3) is 0.333. The molecular formula is C21H22ClFN4OS. The molecule has 8 heteroatoms. The van der Waals surface area contributed by atoms with Gasteiger partial charge in [-0.05, 0) is 68.5 Å². The van der Waals surface area contributed by atoms with Crippen LogP contribution in [0.4, 0.5) is 4.39 Å². The molecule has 0 atom stereocenters. The molecule has 0 aliphatic heterocycles. The highest BCUT2D eigenvalue weighted by Crippen LogP contribution is 2.32. The number of hydrogen-bond donors (Lipinski definition) is 0. The average Bonchev–Trinajstić information content (AvgIpc) is 3.51. The maximum atomic E-state index is 13.7. The second-order valence-corrected chi connectivity index (χ2v) is 8.00. The molecule has 3 aromatic rings. The van der Waals surface area contributed by atoms with Crippen molar-refractivity contribution in [2.45, 2.75) is 25.4 Å². The molecule has 0 saturated heterocycles. The number of benzene rings is 2. The quantitative estimate of drug-likeness (QED) is 0.494. The zero-order valence-corrected chi connectivity index (χ0v) is 17.9. The van der Waals surface area contributed by atoms with E-state index in [0.29, 0.717) is 39.5 Å². The van der Waals surface area contributed by atoms with Gasteiger partial charge in [-0.1, -0.05) is 11.6 Å². The van der Waals surface area contributed by atoms with Gasteiger partial charge in [-0.3, -0.25) is 4.57 Å². The number of halogens is 2. The summed E-state index contributed by atoms with van der Waals surface area (Å²) in [5, 5.41) is 5.42. The molecule has 0 unspecified atom stereocenters. The van der Waals surface area contributed by atoms with Crippen LogP contribution in [0.2, 0.25) is 5.02 Å². The minimum Gasteiger partial charge on any atom is -0.496 e. The van der Waals surface area contributed by atoms with Crippen LogP contribution in [0.15, 0.2) is 42.5 Å². The van der Waals surface area contributed by atoms with Crippen LogP contribution in [-0.2, 0) is 6.54 Å². The minimum absolute atomic E-state index is 0.368. The lowest BCUT2D eigenvalue weighted by molar-refractivity contribution is 0.302. The molecule has 0 bridgehead atoms. The number of ether oxygens (including phenoxy) is 1. The molecular weight excluding hydrogens is 411 g/mol. The average molecular weight is 433 g/mol. The summed E-state index contributed by atoms with van der Waals surface area (Å²) in [4.78, 5) is 2.33. The van der Waals surface area contributed by atoms with Gasteiger partial charge in [-0.15, -0.1) is 0 Å². The van der Waals surface area contributed by atoms with E-state index in [9.17, 15) is 4.39 Å². The van der Waals surface area contributed by atoms with Gasteiger partial charge in [0.1, 0.15) is 11.6 Å². The third kappa shape index (κ3) is 4.22. The summed E-state index contributed by atoms with van der Waals surface area (Å²) in [6.45, 7) is 1.53. The van der Waals surface area contributed by atoms with Gasteiger partial charge < -0.3 is 9.64 Å². The van der Waals surface area contributed by atoms with E-state index in [1.165, 1.54) is 32.1 Å². The van der Waals surface area contributed by atoms with E-state index in [2.05, 4.69) is 11.9 Å². The summed E-state index contributed by atoms with van der Waals surface area (Å²) in [7, 11) is 3.64. The van der Waals surface area contributed by atoms with Crippen LogP contribution in [0, 0.1) is 10.6 Å². The van der Waals surface area contributed by atoms with Crippen molar-refractivity contribution in [3.05, 3.63) is 58.1 Å². The molecule has 2 aromatic carbocycles. The summed E-state index contributed by atoms with van der Waals surface area (Å²) in [5.41, 5.74) is 1.51. The topological polar surface area (TPSA) is 35.2 Å². The van der Waals surface area contributed by atoms with Crippen molar-refractivity contribution in [3.8, 4) is 22.8 Å². The zero-order valence-electron chi connectivity index (χ0n) is 16.3. The first kappa shape index (κ1) is 20.1. The Kier molecular flexibility index (Phi) is 5.72. The normalized spacial score (nSPS) is 13.8. The van der Waals surface area contributed by atoms with Crippen LogP contribution in [0.5, 0.6) is 5.75 Å². The lowest BCUT2D eigenvalue weighted by Crippen LogP contribution is -2.25. The first-order valence-corrected chi connectivity index (χ1v) is 10.3. The van der Waals surface area contributed by atoms with Gasteiger partial charge in [0.05, 0.1) is 24.9 Å². The van der Waals surface area contributed by atoms with Crippen LogP contribution in [0.1, 0.15) is 12.8 Å². The van der Waals surface area contributed by atoms with Crippen molar-refractivity contribution in [3.63, 3.8) is 0 Å². The van der Waals surface area contributed by atoms with Gasteiger partial charge in [0.2, 0.25) is 4.77 Å². The highest BCUT2D eigenvalue weighted by molar-refractivity contribution is 7.71. The molecule has 1 heterocycles. The van der Waals surface area contributed by atoms with E-state index in [1.807, 2.05) is 33.5 Å². The Morgan fingerprint density at radius 2 is 1.97 bits per heavy atom. The van der Waals surface area contributed by atoms with Crippen LogP contribution in [0.25, 0.3) is 17.1 Å². The Labute approximate surface area is 179 Å². The monoisotopic (exact) mass is 432 g/mol. The number of methoxy groups -OCH3 is 1. The van der Waals surface area contributed by atoms with Gasteiger partial charge in [0, 0.05) is 23.7 Å². The van der Waals surface area contributed by atoms with E-state index in [0.717, 1.165) is 12.2 Å². The molecule has 152 valence electrons. The van der Waals surface area contributed by atoms with E-state index in [4.69, 9.17) is 33.7 Å². The summed E-state index contributed by atoms with van der Waals surface area (Å²) in [6, 6.07) is 12.5. The largest absolute Gasteiger partial charge is 0.496 e. The van der Waals surface area contributed by atoms with Crippen molar-refractivity contribution in [1.82, 2.24) is 19.2 Å². The second-order valence-electron chi connectivity index (χ2n) is 7.20. The standard InChI is InChI=1S/C21H22ClFN4OS/c1-25(16-8-9-16)11-12-26-21(29)27(17-6-3-14(22)4-7-17)20(24-26)18-10-5-15(23)13-19(18)28-2/h3-7,10,13,16H,8-9,11-12H2,1-2H3. The van der Waals surface area contributed by atoms with E-state index in [-0.39, 0.29) is 5.82 Å². The fourth-order valence-electron chi connectivity index (χ4n) is 3.35.